The van der Waals surface area contributed by atoms with E-state index in [4.69, 9.17) is 21.1 Å². The zero-order chi connectivity index (χ0) is 21.8. The third-order valence-corrected chi connectivity index (χ3v) is 4.05. The second kappa shape index (κ2) is 15.0. The van der Waals surface area contributed by atoms with Gasteiger partial charge < -0.3 is 24.8 Å². The summed E-state index contributed by atoms with van der Waals surface area (Å²) >= 11 is 5.99. The van der Waals surface area contributed by atoms with Gasteiger partial charge in [0.25, 0.3) is 0 Å². The molecule has 0 radical (unpaired) electrons. The lowest BCUT2D eigenvalue weighted by Crippen LogP contribution is -2.37. The average molecular weight is 571 g/mol. The molecule has 2 aromatic rings. The van der Waals surface area contributed by atoms with Gasteiger partial charge in [0.05, 0.1) is 13.2 Å². The van der Waals surface area contributed by atoms with Gasteiger partial charge >= 0.3 is 6.61 Å². The number of hydrogen-bond acceptors (Lipinski definition) is 5. The number of hydrogen-bond donors (Lipinski definition) is 2. The molecule has 0 aliphatic carbocycles. The van der Waals surface area contributed by atoms with Crippen molar-refractivity contribution in [3.8, 4) is 11.6 Å². The number of alkyl halides is 2. The van der Waals surface area contributed by atoms with Crippen LogP contribution in [0.2, 0.25) is 5.02 Å². The Balaban J connectivity index is 0.00000480. The van der Waals surface area contributed by atoms with E-state index in [9.17, 15) is 8.78 Å². The maximum absolute atomic E-state index is 12.6. The zero-order valence-electron chi connectivity index (χ0n) is 17.2. The summed E-state index contributed by atoms with van der Waals surface area (Å²) in [6, 6.07) is 8.14. The highest BCUT2D eigenvalue weighted by Crippen LogP contribution is 2.25. The number of methoxy groups -OCH3 is 1. The molecule has 0 aliphatic heterocycles. The molecule has 0 aliphatic rings. The second-order valence-corrected chi connectivity index (χ2v) is 6.42. The van der Waals surface area contributed by atoms with Gasteiger partial charge in [-0.3, -0.25) is 0 Å². The highest BCUT2D eigenvalue weighted by atomic mass is 127. The van der Waals surface area contributed by atoms with Crippen molar-refractivity contribution in [2.45, 2.75) is 26.6 Å². The van der Waals surface area contributed by atoms with Crippen molar-refractivity contribution in [2.75, 3.05) is 26.9 Å². The number of guanidine groups is 1. The number of rotatable bonds is 11. The SMILES string of the molecule is CCNC(=NCc1cc(Cl)ccc1OC(F)F)NCc1cccnc1OCCOC.I. The molecule has 0 fully saturated rings. The van der Waals surface area contributed by atoms with E-state index in [0.29, 0.717) is 48.7 Å². The first kappa shape index (κ1) is 27.1. The van der Waals surface area contributed by atoms with E-state index in [2.05, 4.69) is 25.3 Å². The standard InChI is InChI=1S/C20H25ClF2N4O3.HI/c1-3-24-20(26-12-14-5-4-8-25-18(14)29-10-9-28-2)27-13-15-11-16(21)6-7-17(15)30-19(22)23;/h4-8,11,19H,3,9-10,12-13H2,1-2H3,(H2,24,26,27);1H. The van der Waals surface area contributed by atoms with Gasteiger partial charge in [0.2, 0.25) is 5.88 Å². The van der Waals surface area contributed by atoms with Crippen molar-refractivity contribution >= 4 is 41.5 Å². The van der Waals surface area contributed by atoms with Crippen molar-refractivity contribution in [1.29, 1.82) is 0 Å². The number of nitrogens with zero attached hydrogens (tertiary/aromatic N) is 2. The quantitative estimate of drug-likeness (QED) is 0.182. The average Bonchev–Trinajstić information content (AvgIpc) is 2.72. The minimum Gasteiger partial charge on any atom is -0.475 e. The molecule has 11 heteroatoms. The number of pyridine rings is 1. The largest absolute Gasteiger partial charge is 0.475 e. The molecular formula is C20H26ClF2IN4O3. The molecule has 0 atom stereocenters. The van der Waals surface area contributed by atoms with Gasteiger partial charge in [0, 0.05) is 42.5 Å². The molecule has 2 N–H and O–H groups in total. The Bertz CT molecular complexity index is 831. The van der Waals surface area contributed by atoms with Gasteiger partial charge in [-0.1, -0.05) is 17.7 Å². The maximum atomic E-state index is 12.6. The lowest BCUT2D eigenvalue weighted by Gasteiger charge is -2.14. The van der Waals surface area contributed by atoms with Crippen LogP contribution in [0.15, 0.2) is 41.5 Å². The Labute approximate surface area is 202 Å². The van der Waals surface area contributed by atoms with E-state index >= 15 is 0 Å². The maximum Gasteiger partial charge on any atom is 0.387 e. The molecule has 0 spiro atoms. The number of benzene rings is 1. The number of nitrogens with one attached hydrogen (secondary N) is 2. The zero-order valence-corrected chi connectivity index (χ0v) is 20.3. The van der Waals surface area contributed by atoms with Crippen LogP contribution in [0.5, 0.6) is 11.6 Å². The molecule has 1 heterocycles. The summed E-state index contributed by atoms with van der Waals surface area (Å²) in [6.07, 6.45) is 1.65. The fourth-order valence-electron chi connectivity index (χ4n) is 2.48. The molecule has 0 saturated heterocycles. The fraction of sp³-hybridized carbons (Fsp3) is 0.400. The highest BCUT2D eigenvalue weighted by molar-refractivity contribution is 14.0. The molecule has 7 nitrogen and oxygen atoms in total. The molecule has 1 aromatic heterocycles. The van der Waals surface area contributed by atoms with Crippen LogP contribution < -0.4 is 20.1 Å². The molecular weight excluding hydrogens is 545 g/mol. The van der Waals surface area contributed by atoms with E-state index in [0.717, 1.165) is 5.56 Å². The predicted octanol–water partition coefficient (Wildman–Crippen LogP) is 4.23. The molecule has 0 saturated carbocycles. The third kappa shape index (κ3) is 9.83. The smallest absolute Gasteiger partial charge is 0.387 e. The summed E-state index contributed by atoms with van der Waals surface area (Å²) in [4.78, 5) is 8.68. The van der Waals surface area contributed by atoms with Crippen molar-refractivity contribution in [3.63, 3.8) is 0 Å². The molecule has 0 unspecified atom stereocenters. The molecule has 0 amide bonds. The monoisotopic (exact) mass is 570 g/mol. The fourth-order valence-corrected chi connectivity index (χ4v) is 2.67. The van der Waals surface area contributed by atoms with Crippen LogP contribution in [0.25, 0.3) is 0 Å². The van der Waals surface area contributed by atoms with Gasteiger partial charge in [0.1, 0.15) is 12.4 Å². The van der Waals surface area contributed by atoms with E-state index in [1.54, 1.807) is 19.4 Å². The number of halogens is 4. The summed E-state index contributed by atoms with van der Waals surface area (Å²) in [5.74, 6) is 1.03. The number of ether oxygens (including phenoxy) is 3. The lowest BCUT2D eigenvalue weighted by atomic mass is 10.2. The highest BCUT2D eigenvalue weighted by Gasteiger charge is 2.11. The predicted molar refractivity (Wildman–Crippen MR) is 127 cm³/mol. The van der Waals surface area contributed by atoms with Gasteiger partial charge in [-0.05, 0) is 31.2 Å². The first-order chi connectivity index (χ1) is 14.5. The third-order valence-electron chi connectivity index (χ3n) is 3.81. The molecule has 172 valence electrons. The topological polar surface area (TPSA) is 77.0 Å². The van der Waals surface area contributed by atoms with Gasteiger partial charge in [0.15, 0.2) is 5.96 Å². The molecule has 1 aromatic carbocycles. The minimum absolute atomic E-state index is 0. The second-order valence-electron chi connectivity index (χ2n) is 5.99. The lowest BCUT2D eigenvalue weighted by molar-refractivity contribution is -0.0504. The van der Waals surface area contributed by atoms with Gasteiger partial charge in [-0.2, -0.15) is 8.78 Å². The Morgan fingerprint density at radius 2 is 2.00 bits per heavy atom. The van der Waals surface area contributed by atoms with Crippen molar-refractivity contribution in [2.24, 2.45) is 4.99 Å². The van der Waals surface area contributed by atoms with E-state index in [1.165, 1.54) is 12.1 Å². The van der Waals surface area contributed by atoms with Crippen molar-refractivity contribution in [3.05, 3.63) is 52.7 Å². The van der Waals surface area contributed by atoms with Crippen LogP contribution in [-0.4, -0.2) is 44.4 Å². The van der Waals surface area contributed by atoms with Crippen molar-refractivity contribution in [1.82, 2.24) is 15.6 Å². The summed E-state index contributed by atoms with van der Waals surface area (Å²) in [5, 5.41) is 6.69. The molecule has 0 bridgehead atoms. The number of aromatic nitrogens is 1. The van der Waals surface area contributed by atoms with E-state index in [1.807, 2.05) is 19.1 Å². The van der Waals surface area contributed by atoms with E-state index in [-0.39, 0.29) is 36.3 Å². The summed E-state index contributed by atoms with van der Waals surface area (Å²) in [6.45, 7) is 0.951. The van der Waals surface area contributed by atoms with Crippen LogP contribution in [-0.2, 0) is 17.8 Å². The minimum atomic E-state index is -2.93. The Morgan fingerprint density at radius 1 is 1.19 bits per heavy atom. The van der Waals surface area contributed by atoms with Crippen LogP contribution in [0.1, 0.15) is 18.1 Å². The van der Waals surface area contributed by atoms with Crippen molar-refractivity contribution < 1.29 is 23.0 Å². The van der Waals surface area contributed by atoms with Gasteiger partial charge in [-0.25, -0.2) is 9.98 Å². The Morgan fingerprint density at radius 3 is 2.71 bits per heavy atom. The number of aliphatic imine (C=N–C) groups is 1. The molecule has 31 heavy (non-hydrogen) atoms. The summed E-state index contributed by atoms with van der Waals surface area (Å²) in [7, 11) is 1.60. The van der Waals surface area contributed by atoms with Crippen LogP contribution in [0.3, 0.4) is 0 Å². The van der Waals surface area contributed by atoms with E-state index < -0.39 is 6.61 Å². The Hall–Kier alpha value is -1.92. The van der Waals surface area contributed by atoms with Crippen LogP contribution >= 0.6 is 35.6 Å². The Kier molecular flexibility index (Phi) is 13.1. The summed E-state index contributed by atoms with van der Waals surface area (Å²) < 4.78 is 40.4. The molecule has 2 rings (SSSR count). The first-order valence-electron chi connectivity index (χ1n) is 9.34. The van der Waals surface area contributed by atoms with Crippen LogP contribution in [0, 0.1) is 0 Å². The van der Waals surface area contributed by atoms with Crippen LogP contribution in [0.4, 0.5) is 8.78 Å². The van der Waals surface area contributed by atoms with Gasteiger partial charge in [-0.15, -0.1) is 24.0 Å². The summed E-state index contributed by atoms with van der Waals surface area (Å²) in [5.41, 5.74) is 1.29. The first-order valence-corrected chi connectivity index (χ1v) is 9.72. The normalized spacial score (nSPS) is 11.1.